The predicted molar refractivity (Wildman–Crippen MR) is 70.4 cm³/mol. The minimum absolute atomic E-state index is 0.796. The summed E-state index contributed by atoms with van der Waals surface area (Å²) in [6, 6.07) is 0. The third kappa shape index (κ3) is 4.34. The topological polar surface area (TPSA) is 82.4 Å². The molecule has 9 heteroatoms. The Kier molecular flexibility index (Phi) is 6.15. The molecule has 18 heavy (non-hydrogen) atoms. The van der Waals surface area contributed by atoms with Gasteiger partial charge in [0.25, 0.3) is 0 Å². The van der Waals surface area contributed by atoms with Crippen LogP contribution >= 0.6 is 23.1 Å². The maximum atomic E-state index is 4.88. The van der Waals surface area contributed by atoms with E-state index in [2.05, 4.69) is 29.2 Å². The number of hydrogen-bond donors (Lipinski definition) is 0. The molecular formula is C9H13N5O2S2. The van der Waals surface area contributed by atoms with Gasteiger partial charge in [0, 0.05) is 11.5 Å². The van der Waals surface area contributed by atoms with E-state index in [1.165, 1.54) is 30.2 Å². The van der Waals surface area contributed by atoms with Crippen LogP contribution in [0.25, 0.3) is 0 Å². The fraction of sp³-hybridized carbons (Fsp3) is 0.444. The van der Waals surface area contributed by atoms with Gasteiger partial charge in [-0.3, -0.25) is 0 Å². The highest BCUT2D eigenvalue weighted by atomic mass is 32.1. The monoisotopic (exact) mass is 287 g/mol. The normalized spacial score (nSPS) is 10.0. The Morgan fingerprint density at radius 3 is 2.11 bits per heavy atom. The molecule has 7 nitrogen and oxygen atoms in total. The molecule has 0 radical (unpaired) electrons. The molecule has 0 saturated carbocycles. The van der Waals surface area contributed by atoms with Crippen LogP contribution in [0, 0.1) is 13.8 Å². The number of nitrogens with zero attached hydrogens (tertiary/aromatic N) is 5. The number of rotatable bonds is 3. The van der Waals surface area contributed by atoms with Gasteiger partial charge in [0.05, 0.1) is 23.9 Å². The lowest BCUT2D eigenvalue weighted by molar-refractivity contribution is 0.215. The summed E-state index contributed by atoms with van der Waals surface area (Å²) in [7, 11) is 3.11. The van der Waals surface area contributed by atoms with Crippen LogP contribution in [0.15, 0.2) is 5.16 Å². The lowest BCUT2D eigenvalue weighted by atomic mass is 10.4. The summed E-state index contributed by atoms with van der Waals surface area (Å²) in [5.41, 5.74) is 1.74. The van der Waals surface area contributed by atoms with E-state index in [1.54, 1.807) is 13.3 Å². The molecule has 2 aromatic rings. The lowest BCUT2D eigenvalue weighted by Crippen LogP contribution is -1.80. The Bertz CT molecular complexity index is 497. The van der Waals surface area contributed by atoms with Gasteiger partial charge in [-0.1, -0.05) is 14.1 Å². The van der Waals surface area contributed by atoms with E-state index < -0.39 is 0 Å². The smallest absolute Gasteiger partial charge is 0.216 e. The Balaban J connectivity index is 0.000000184. The summed E-state index contributed by atoms with van der Waals surface area (Å²) in [4.78, 5) is 5.42. The van der Waals surface area contributed by atoms with E-state index in [0.29, 0.717) is 0 Å². The molecule has 2 heterocycles. The van der Waals surface area contributed by atoms with Crippen molar-refractivity contribution in [2.75, 3.05) is 14.2 Å². The minimum Gasteiger partial charge on any atom is -0.485 e. The van der Waals surface area contributed by atoms with Crippen molar-refractivity contribution in [3.05, 3.63) is 16.3 Å². The quantitative estimate of drug-likeness (QED) is 0.631. The Labute approximate surface area is 113 Å². The third-order valence-electron chi connectivity index (χ3n) is 1.76. The first-order valence-corrected chi connectivity index (χ1v) is 6.42. The molecule has 0 saturated heterocycles. The van der Waals surface area contributed by atoms with Crippen molar-refractivity contribution in [1.82, 2.24) is 19.2 Å². The first kappa shape index (κ1) is 14.5. The second-order valence-electron chi connectivity index (χ2n) is 2.99. The molecule has 0 fully saturated rings. The molecule has 0 aliphatic carbocycles. The van der Waals surface area contributed by atoms with Crippen LogP contribution in [0.4, 0.5) is 0 Å². The van der Waals surface area contributed by atoms with Gasteiger partial charge in [0.2, 0.25) is 5.06 Å². The van der Waals surface area contributed by atoms with E-state index in [1.807, 2.05) is 13.8 Å². The van der Waals surface area contributed by atoms with Gasteiger partial charge in [0.1, 0.15) is 12.8 Å². The molecule has 0 spiro atoms. The molecule has 0 amide bonds. The lowest BCUT2D eigenvalue weighted by Gasteiger charge is -1.88. The molecule has 0 aromatic carbocycles. The van der Waals surface area contributed by atoms with E-state index in [4.69, 9.17) is 4.74 Å². The van der Waals surface area contributed by atoms with Gasteiger partial charge in [0.15, 0.2) is 0 Å². The maximum absolute atomic E-state index is 4.88. The van der Waals surface area contributed by atoms with Gasteiger partial charge >= 0.3 is 0 Å². The Morgan fingerprint density at radius 1 is 1.06 bits per heavy atom. The number of hydrogen-bond acceptors (Lipinski definition) is 9. The molecule has 0 aliphatic rings. The Morgan fingerprint density at radius 2 is 1.72 bits per heavy atom. The SMILES string of the molecule is CO/N=C/c1snnc1C.COc1snnc1C. The molecule has 0 aliphatic heterocycles. The van der Waals surface area contributed by atoms with Crippen molar-refractivity contribution in [2.24, 2.45) is 5.16 Å². The van der Waals surface area contributed by atoms with Crippen LogP contribution in [0.1, 0.15) is 16.3 Å². The Hall–Kier alpha value is -1.61. The van der Waals surface area contributed by atoms with Gasteiger partial charge in [-0.2, -0.15) is 0 Å². The van der Waals surface area contributed by atoms with Crippen molar-refractivity contribution >= 4 is 29.3 Å². The summed E-state index contributed by atoms with van der Waals surface area (Å²) in [5.74, 6) is 0. The fourth-order valence-electron chi connectivity index (χ4n) is 0.869. The van der Waals surface area contributed by atoms with E-state index >= 15 is 0 Å². The summed E-state index contributed by atoms with van der Waals surface area (Å²) in [5, 5.41) is 11.9. The predicted octanol–water partition coefficient (Wildman–Crippen LogP) is 1.68. The van der Waals surface area contributed by atoms with Gasteiger partial charge in [-0.15, -0.1) is 10.2 Å². The molecule has 0 N–H and O–H groups in total. The molecule has 0 bridgehead atoms. The first-order chi connectivity index (χ1) is 8.69. The second-order valence-corrected chi connectivity index (χ2v) is 4.49. The highest BCUT2D eigenvalue weighted by molar-refractivity contribution is 7.07. The molecular weight excluding hydrogens is 274 g/mol. The van der Waals surface area contributed by atoms with Gasteiger partial charge in [-0.25, -0.2) is 0 Å². The van der Waals surface area contributed by atoms with Crippen LogP contribution in [0.3, 0.4) is 0 Å². The van der Waals surface area contributed by atoms with E-state index in [0.717, 1.165) is 21.3 Å². The summed E-state index contributed by atoms with van der Waals surface area (Å²) >= 11 is 2.57. The van der Waals surface area contributed by atoms with Gasteiger partial charge < -0.3 is 9.57 Å². The summed E-state index contributed by atoms with van der Waals surface area (Å²) in [6.07, 6.45) is 1.60. The molecule has 0 atom stereocenters. The number of oxime groups is 1. The van der Waals surface area contributed by atoms with Crippen molar-refractivity contribution in [2.45, 2.75) is 13.8 Å². The molecule has 98 valence electrons. The van der Waals surface area contributed by atoms with Crippen LogP contribution in [0.2, 0.25) is 0 Å². The highest BCUT2D eigenvalue weighted by Gasteiger charge is 1.98. The number of aryl methyl sites for hydroxylation is 2. The maximum Gasteiger partial charge on any atom is 0.216 e. The van der Waals surface area contributed by atoms with Crippen LogP contribution in [-0.4, -0.2) is 39.6 Å². The standard InChI is InChI=1S/C5H7N3OS.C4H6N2OS/c1-4-5(3-6-9-2)10-8-7-4;1-3-4(7-2)8-6-5-3/h3H,1-2H3;1-2H3/b6-3+;. The fourth-order valence-corrected chi connectivity index (χ4v) is 1.87. The van der Waals surface area contributed by atoms with Gasteiger partial charge in [-0.05, 0) is 25.4 Å². The molecule has 2 aromatic heterocycles. The number of aromatic nitrogens is 4. The summed E-state index contributed by atoms with van der Waals surface area (Å²) < 4.78 is 12.3. The first-order valence-electron chi connectivity index (χ1n) is 4.87. The molecule has 2 rings (SSSR count). The van der Waals surface area contributed by atoms with E-state index in [-0.39, 0.29) is 0 Å². The average Bonchev–Trinajstić information content (AvgIpc) is 2.96. The van der Waals surface area contributed by atoms with E-state index in [9.17, 15) is 0 Å². The van der Waals surface area contributed by atoms with Crippen LogP contribution < -0.4 is 4.74 Å². The zero-order valence-electron chi connectivity index (χ0n) is 10.4. The zero-order chi connectivity index (χ0) is 13.4. The zero-order valence-corrected chi connectivity index (χ0v) is 12.1. The number of ether oxygens (including phenoxy) is 1. The highest BCUT2D eigenvalue weighted by Crippen LogP contribution is 2.17. The van der Waals surface area contributed by atoms with Crippen molar-refractivity contribution in [1.29, 1.82) is 0 Å². The average molecular weight is 287 g/mol. The number of methoxy groups -OCH3 is 1. The van der Waals surface area contributed by atoms with Crippen LogP contribution in [-0.2, 0) is 4.84 Å². The second kappa shape index (κ2) is 7.67. The van der Waals surface area contributed by atoms with Crippen LogP contribution in [0.5, 0.6) is 5.06 Å². The minimum atomic E-state index is 0.796. The third-order valence-corrected chi connectivity index (χ3v) is 3.31. The molecule has 0 unspecified atom stereocenters. The largest absolute Gasteiger partial charge is 0.485 e. The van der Waals surface area contributed by atoms with Crippen molar-refractivity contribution < 1.29 is 9.57 Å². The van der Waals surface area contributed by atoms with Crippen molar-refractivity contribution in [3.63, 3.8) is 0 Å². The van der Waals surface area contributed by atoms with Crippen molar-refractivity contribution in [3.8, 4) is 5.06 Å². The summed E-state index contributed by atoms with van der Waals surface area (Å²) in [6.45, 7) is 3.74.